The minimum Gasteiger partial charge on any atom is -0.387 e. The summed E-state index contributed by atoms with van der Waals surface area (Å²) in [5.74, 6) is 0.161. The molecule has 2 rings (SSSR count). The van der Waals surface area contributed by atoms with Gasteiger partial charge in [-0.25, -0.2) is 0 Å². The molecule has 1 aromatic carbocycles. The summed E-state index contributed by atoms with van der Waals surface area (Å²) in [5.41, 5.74) is 2.89. The summed E-state index contributed by atoms with van der Waals surface area (Å²) >= 11 is 0. The van der Waals surface area contributed by atoms with Gasteiger partial charge >= 0.3 is 0 Å². The fraction of sp³-hybridized carbons (Fsp3) is 0.500. The van der Waals surface area contributed by atoms with E-state index in [1.807, 2.05) is 37.1 Å². The van der Waals surface area contributed by atoms with Crippen LogP contribution in [0.25, 0.3) is 0 Å². The Bertz CT molecular complexity index is 409. The Morgan fingerprint density at radius 2 is 1.94 bits per heavy atom. The number of hydrogen-bond acceptors (Lipinski definition) is 2. The lowest BCUT2D eigenvalue weighted by Gasteiger charge is -2.27. The predicted octanol–water partition coefficient (Wildman–Crippen LogP) is 2.66. The van der Waals surface area contributed by atoms with Gasteiger partial charge in [0.1, 0.15) is 0 Å². The van der Waals surface area contributed by atoms with Crippen molar-refractivity contribution in [1.29, 1.82) is 0 Å². The van der Waals surface area contributed by atoms with E-state index in [1.54, 1.807) is 0 Å². The van der Waals surface area contributed by atoms with Crippen LogP contribution in [-0.4, -0.2) is 30.9 Å². The molecule has 92 valence electrons. The normalized spacial score (nSPS) is 15.8. The molecule has 0 saturated carbocycles. The Labute approximate surface area is 103 Å². The van der Waals surface area contributed by atoms with Gasteiger partial charge in [-0.1, -0.05) is 6.07 Å². The maximum Gasteiger partial charge on any atom is 0.255 e. The van der Waals surface area contributed by atoms with Gasteiger partial charge in [0.25, 0.3) is 5.91 Å². The first-order valence-corrected chi connectivity index (χ1v) is 6.30. The number of nitrogens with one attached hydrogen (secondary N) is 1. The quantitative estimate of drug-likeness (QED) is 0.850. The Balaban J connectivity index is 2.23. The highest BCUT2D eigenvalue weighted by atomic mass is 16.2. The van der Waals surface area contributed by atoms with Gasteiger partial charge in [-0.15, -0.1) is 0 Å². The number of piperidine rings is 1. The van der Waals surface area contributed by atoms with E-state index in [0.717, 1.165) is 37.2 Å². The van der Waals surface area contributed by atoms with Gasteiger partial charge in [0.05, 0.1) is 5.56 Å². The smallest absolute Gasteiger partial charge is 0.255 e. The van der Waals surface area contributed by atoms with Crippen molar-refractivity contribution in [2.45, 2.75) is 26.2 Å². The molecule has 1 saturated heterocycles. The fourth-order valence-electron chi connectivity index (χ4n) is 2.32. The molecule has 0 atom stereocenters. The molecule has 1 amide bonds. The third kappa shape index (κ3) is 2.60. The first-order chi connectivity index (χ1) is 8.22. The molecular formula is C14H20N2O. The molecule has 0 aromatic heterocycles. The lowest BCUT2D eigenvalue weighted by molar-refractivity contribution is 0.0725. The molecule has 1 heterocycles. The van der Waals surface area contributed by atoms with Crippen LogP contribution in [0.2, 0.25) is 0 Å². The van der Waals surface area contributed by atoms with E-state index in [2.05, 4.69) is 5.32 Å². The van der Waals surface area contributed by atoms with E-state index in [-0.39, 0.29) is 5.91 Å². The SMILES string of the molecule is CNc1cc(C)ccc1C(=O)N1CCCCC1. The average molecular weight is 232 g/mol. The van der Waals surface area contributed by atoms with E-state index >= 15 is 0 Å². The first-order valence-electron chi connectivity index (χ1n) is 6.30. The molecule has 0 spiro atoms. The second kappa shape index (κ2) is 5.21. The summed E-state index contributed by atoms with van der Waals surface area (Å²) in [5, 5.41) is 3.11. The molecule has 0 radical (unpaired) electrons. The van der Waals surface area contributed by atoms with Crippen molar-refractivity contribution < 1.29 is 4.79 Å². The van der Waals surface area contributed by atoms with Crippen LogP contribution in [0, 0.1) is 6.92 Å². The number of carbonyl (C=O) groups is 1. The van der Waals surface area contributed by atoms with Crippen molar-refractivity contribution >= 4 is 11.6 Å². The van der Waals surface area contributed by atoms with Gasteiger partial charge in [-0.3, -0.25) is 4.79 Å². The number of benzene rings is 1. The minimum atomic E-state index is 0.161. The minimum absolute atomic E-state index is 0.161. The molecule has 3 heteroatoms. The Morgan fingerprint density at radius 1 is 1.24 bits per heavy atom. The van der Waals surface area contributed by atoms with Crippen LogP contribution >= 0.6 is 0 Å². The van der Waals surface area contributed by atoms with Crippen LogP contribution in [-0.2, 0) is 0 Å². The molecule has 1 aliphatic heterocycles. The Morgan fingerprint density at radius 3 is 2.59 bits per heavy atom. The van der Waals surface area contributed by atoms with Crippen LogP contribution in [0.5, 0.6) is 0 Å². The van der Waals surface area contributed by atoms with Crippen molar-refractivity contribution in [3.63, 3.8) is 0 Å². The highest BCUT2D eigenvalue weighted by Gasteiger charge is 2.20. The summed E-state index contributed by atoms with van der Waals surface area (Å²) in [6.45, 7) is 3.84. The molecule has 0 bridgehead atoms. The van der Waals surface area contributed by atoms with Gasteiger partial charge in [0.2, 0.25) is 0 Å². The summed E-state index contributed by atoms with van der Waals surface area (Å²) in [6, 6.07) is 5.95. The molecule has 0 aliphatic carbocycles. The second-order valence-corrected chi connectivity index (χ2v) is 4.65. The van der Waals surface area contributed by atoms with E-state index < -0.39 is 0 Å². The molecule has 17 heavy (non-hydrogen) atoms. The monoisotopic (exact) mass is 232 g/mol. The Kier molecular flexibility index (Phi) is 3.67. The number of hydrogen-bond donors (Lipinski definition) is 1. The van der Waals surface area contributed by atoms with Crippen LogP contribution in [0.15, 0.2) is 18.2 Å². The van der Waals surface area contributed by atoms with Gasteiger partial charge in [-0.2, -0.15) is 0 Å². The topological polar surface area (TPSA) is 32.3 Å². The van der Waals surface area contributed by atoms with Crippen LogP contribution < -0.4 is 5.32 Å². The molecule has 0 unspecified atom stereocenters. The molecule has 1 aromatic rings. The maximum atomic E-state index is 12.4. The van der Waals surface area contributed by atoms with E-state index in [0.29, 0.717) is 0 Å². The Hall–Kier alpha value is -1.51. The van der Waals surface area contributed by atoms with Crippen LogP contribution in [0.3, 0.4) is 0 Å². The number of carbonyl (C=O) groups excluding carboxylic acids is 1. The number of amides is 1. The average Bonchev–Trinajstić information content (AvgIpc) is 2.39. The summed E-state index contributed by atoms with van der Waals surface area (Å²) in [6.07, 6.45) is 3.51. The number of likely N-dealkylation sites (tertiary alicyclic amines) is 1. The van der Waals surface area contributed by atoms with Crippen molar-refractivity contribution in [1.82, 2.24) is 4.90 Å². The highest BCUT2D eigenvalue weighted by molar-refractivity contribution is 5.99. The zero-order valence-electron chi connectivity index (χ0n) is 10.6. The summed E-state index contributed by atoms with van der Waals surface area (Å²) in [7, 11) is 1.86. The van der Waals surface area contributed by atoms with Gasteiger partial charge in [0, 0.05) is 25.8 Å². The van der Waals surface area contributed by atoms with Gasteiger partial charge < -0.3 is 10.2 Å². The highest BCUT2D eigenvalue weighted by Crippen LogP contribution is 2.21. The lowest BCUT2D eigenvalue weighted by atomic mass is 10.1. The molecule has 1 fully saturated rings. The molecule has 1 N–H and O–H groups in total. The predicted molar refractivity (Wildman–Crippen MR) is 70.5 cm³/mol. The number of rotatable bonds is 2. The van der Waals surface area contributed by atoms with E-state index in [1.165, 1.54) is 12.0 Å². The molecule has 1 aliphatic rings. The molecular weight excluding hydrogens is 212 g/mol. The van der Waals surface area contributed by atoms with E-state index in [9.17, 15) is 4.79 Å². The van der Waals surface area contributed by atoms with Gasteiger partial charge in [0.15, 0.2) is 0 Å². The number of nitrogens with zero attached hydrogens (tertiary/aromatic N) is 1. The van der Waals surface area contributed by atoms with Crippen LogP contribution in [0.4, 0.5) is 5.69 Å². The largest absolute Gasteiger partial charge is 0.387 e. The van der Waals surface area contributed by atoms with Crippen molar-refractivity contribution in [3.05, 3.63) is 29.3 Å². The standard InChI is InChI=1S/C14H20N2O/c1-11-6-7-12(13(10-11)15-2)14(17)16-8-4-3-5-9-16/h6-7,10,15H,3-5,8-9H2,1-2H3. The third-order valence-corrected chi connectivity index (χ3v) is 3.32. The number of aryl methyl sites for hydroxylation is 1. The summed E-state index contributed by atoms with van der Waals surface area (Å²) in [4.78, 5) is 14.3. The van der Waals surface area contributed by atoms with Crippen molar-refractivity contribution in [3.8, 4) is 0 Å². The van der Waals surface area contributed by atoms with Crippen molar-refractivity contribution in [2.24, 2.45) is 0 Å². The van der Waals surface area contributed by atoms with Gasteiger partial charge in [-0.05, 0) is 43.9 Å². The fourth-order valence-corrected chi connectivity index (χ4v) is 2.32. The zero-order chi connectivity index (χ0) is 12.3. The van der Waals surface area contributed by atoms with Crippen LogP contribution in [0.1, 0.15) is 35.2 Å². The second-order valence-electron chi connectivity index (χ2n) is 4.65. The molecule has 3 nitrogen and oxygen atoms in total. The van der Waals surface area contributed by atoms with Crippen molar-refractivity contribution in [2.75, 3.05) is 25.5 Å². The lowest BCUT2D eigenvalue weighted by Crippen LogP contribution is -2.35. The van der Waals surface area contributed by atoms with E-state index in [4.69, 9.17) is 0 Å². The summed E-state index contributed by atoms with van der Waals surface area (Å²) < 4.78 is 0. The number of anilines is 1. The zero-order valence-corrected chi connectivity index (χ0v) is 10.6. The third-order valence-electron chi connectivity index (χ3n) is 3.32. The maximum absolute atomic E-state index is 12.4. The first kappa shape index (κ1) is 12.0.